The molecular weight excluding hydrogens is 443 g/mol. The lowest BCUT2D eigenvalue weighted by molar-refractivity contribution is -0.147. The summed E-state index contributed by atoms with van der Waals surface area (Å²) in [6, 6.07) is 9.50. The van der Waals surface area contributed by atoms with Crippen LogP contribution in [0.5, 0.6) is 5.75 Å². The van der Waals surface area contributed by atoms with E-state index in [2.05, 4.69) is 10.6 Å². The van der Waals surface area contributed by atoms with Gasteiger partial charge in [0.25, 0.3) is 5.91 Å². The number of hydrogen-bond donors (Lipinski definition) is 2. The lowest BCUT2D eigenvalue weighted by atomic mass is 10.2. The van der Waals surface area contributed by atoms with Crippen molar-refractivity contribution in [2.45, 2.75) is 12.8 Å². The van der Waals surface area contributed by atoms with Gasteiger partial charge in [-0.3, -0.25) is 14.4 Å². The zero-order valence-corrected chi connectivity index (χ0v) is 17.5. The second kappa shape index (κ2) is 10.9. The molecular formula is C19H17Cl3N2O5. The SMILES string of the molecule is COc1ccc(Cl)cc1NC(=O)CCC(=O)OCC(=O)Nc1cccc(Cl)c1Cl. The van der Waals surface area contributed by atoms with Gasteiger partial charge in [-0.05, 0) is 30.3 Å². The Morgan fingerprint density at radius 1 is 0.931 bits per heavy atom. The molecule has 2 aromatic rings. The van der Waals surface area contributed by atoms with Gasteiger partial charge in [0.05, 0.1) is 35.0 Å². The average molecular weight is 460 g/mol. The van der Waals surface area contributed by atoms with E-state index in [1.807, 2.05) is 0 Å². The summed E-state index contributed by atoms with van der Waals surface area (Å²) in [5, 5.41) is 5.97. The van der Waals surface area contributed by atoms with Crippen molar-refractivity contribution in [3.63, 3.8) is 0 Å². The summed E-state index contributed by atoms with van der Waals surface area (Å²) in [6.07, 6.45) is -0.351. The molecule has 0 unspecified atom stereocenters. The maximum Gasteiger partial charge on any atom is 0.306 e. The monoisotopic (exact) mass is 458 g/mol. The third-order valence-electron chi connectivity index (χ3n) is 3.58. The minimum absolute atomic E-state index is 0.143. The summed E-state index contributed by atoms with van der Waals surface area (Å²) in [4.78, 5) is 35.7. The van der Waals surface area contributed by atoms with Crippen molar-refractivity contribution in [2.24, 2.45) is 0 Å². The van der Waals surface area contributed by atoms with Crippen molar-refractivity contribution in [1.82, 2.24) is 0 Å². The third kappa shape index (κ3) is 7.12. The number of benzene rings is 2. The molecule has 0 atom stereocenters. The van der Waals surface area contributed by atoms with Gasteiger partial charge in [0, 0.05) is 11.4 Å². The van der Waals surface area contributed by atoms with Crippen LogP contribution in [0.4, 0.5) is 11.4 Å². The van der Waals surface area contributed by atoms with Crippen LogP contribution in [-0.2, 0) is 19.1 Å². The molecule has 0 heterocycles. The maximum atomic E-state index is 12.0. The van der Waals surface area contributed by atoms with Crippen LogP contribution < -0.4 is 15.4 Å². The molecule has 2 aromatic carbocycles. The van der Waals surface area contributed by atoms with Gasteiger partial charge in [-0.15, -0.1) is 0 Å². The highest BCUT2D eigenvalue weighted by Gasteiger charge is 2.14. The van der Waals surface area contributed by atoms with Crippen LogP contribution in [-0.4, -0.2) is 31.5 Å². The number of amides is 2. The number of carbonyl (C=O) groups excluding carboxylic acids is 3. The molecule has 29 heavy (non-hydrogen) atoms. The number of hydrogen-bond acceptors (Lipinski definition) is 5. The maximum absolute atomic E-state index is 12.0. The minimum Gasteiger partial charge on any atom is -0.495 e. The van der Waals surface area contributed by atoms with Crippen molar-refractivity contribution in [3.8, 4) is 5.75 Å². The van der Waals surface area contributed by atoms with Crippen LogP contribution in [0.1, 0.15) is 12.8 Å². The van der Waals surface area contributed by atoms with Gasteiger partial charge in [-0.2, -0.15) is 0 Å². The van der Waals surface area contributed by atoms with Crippen LogP contribution in [0.25, 0.3) is 0 Å². The summed E-state index contributed by atoms with van der Waals surface area (Å²) < 4.78 is 9.99. The van der Waals surface area contributed by atoms with E-state index in [-0.39, 0.29) is 22.9 Å². The van der Waals surface area contributed by atoms with Crippen molar-refractivity contribution in [1.29, 1.82) is 0 Å². The summed E-state index contributed by atoms with van der Waals surface area (Å²) in [5.41, 5.74) is 0.686. The lowest BCUT2D eigenvalue weighted by Crippen LogP contribution is -2.22. The normalized spacial score (nSPS) is 10.2. The minimum atomic E-state index is -0.703. The van der Waals surface area contributed by atoms with Crippen molar-refractivity contribution in [2.75, 3.05) is 24.4 Å². The Bertz CT molecular complexity index is 921. The number of ether oxygens (including phenoxy) is 2. The van der Waals surface area contributed by atoms with E-state index < -0.39 is 24.4 Å². The number of nitrogens with one attached hydrogen (secondary N) is 2. The van der Waals surface area contributed by atoms with Gasteiger partial charge in [-0.25, -0.2) is 0 Å². The summed E-state index contributed by atoms with van der Waals surface area (Å²) in [6.45, 7) is -0.522. The molecule has 2 rings (SSSR count). The predicted octanol–water partition coefficient (Wildman–Crippen LogP) is 4.56. The Morgan fingerprint density at radius 3 is 2.38 bits per heavy atom. The van der Waals surface area contributed by atoms with Crippen LogP contribution in [0, 0.1) is 0 Å². The molecule has 0 spiro atoms. The van der Waals surface area contributed by atoms with Crippen LogP contribution in [0.3, 0.4) is 0 Å². The predicted molar refractivity (Wildman–Crippen MR) is 112 cm³/mol. The molecule has 2 N–H and O–H groups in total. The molecule has 154 valence electrons. The molecule has 0 aliphatic rings. The van der Waals surface area contributed by atoms with Gasteiger partial charge < -0.3 is 20.1 Å². The van der Waals surface area contributed by atoms with Gasteiger partial charge in [0.2, 0.25) is 5.91 Å². The Labute approximate surface area is 182 Å². The largest absolute Gasteiger partial charge is 0.495 e. The summed E-state index contributed by atoms with van der Waals surface area (Å²) in [5.74, 6) is -1.29. The van der Waals surface area contributed by atoms with Gasteiger partial charge in [0.1, 0.15) is 5.75 Å². The Kier molecular flexibility index (Phi) is 8.57. The molecule has 0 aliphatic carbocycles. The van der Waals surface area contributed by atoms with Gasteiger partial charge in [-0.1, -0.05) is 40.9 Å². The highest BCUT2D eigenvalue weighted by atomic mass is 35.5. The highest BCUT2D eigenvalue weighted by Crippen LogP contribution is 2.29. The fraction of sp³-hybridized carbons (Fsp3) is 0.211. The van der Waals surface area contributed by atoms with Gasteiger partial charge >= 0.3 is 5.97 Å². The molecule has 7 nitrogen and oxygen atoms in total. The Morgan fingerprint density at radius 2 is 1.66 bits per heavy atom. The molecule has 0 saturated carbocycles. The van der Waals surface area contributed by atoms with Crippen LogP contribution in [0.15, 0.2) is 36.4 Å². The van der Waals surface area contributed by atoms with Gasteiger partial charge in [0.15, 0.2) is 6.61 Å². The van der Waals surface area contributed by atoms with Crippen molar-refractivity contribution in [3.05, 3.63) is 51.5 Å². The first-order valence-corrected chi connectivity index (χ1v) is 9.46. The summed E-state index contributed by atoms with van der Waals surface area (Å²) in [7, 11) is 1.46. The zero-order valence-electron chi connectivity index (χ0n) is 15.3. The Balaban J connectivity index is 1.76. The molecule has 2 amide bonds. The second-order valence-electron chi connectivity index (χ2n) is 5.70. The quantitative estimate of drug-likeness (QED) is 0.565. The van der Waals surface area contributed by atoms with Crippen LogP contribution in [0.2, 0.25) is 15.1 Å². The van der Waals surface area contributed by atoms with Crippen LogP contribution >= 0.6 is 34.8 Å². The average Bonchev–Trinajstić information content (AvgIpc) is 2.68. The first-order valence-electron chi connectivity index (χ1n) is 8.33. The van der Waals surface area contributed by atoms with Crippen molar-refractivity contribution < 1.29 is 23.9 Å². The molecule has 0 fully saturated rings. The van der Waals surface area contributed by atoms with E-state index in [9.17, 15) is 14.4 Å². The number of anilines is 2. The van der Waals surface area contributed by atoms with E-state index in [0.717, 1.165) is 0 Å². The number of esters is 1. The smallest absolute Gasteiger partial charge is 0.306 e. The zero-order chi connectivity index (χ0) is 21.4. The number of carbonyl (C=O) groups is 3. The first-order chi connectivity index (χ1) is 13.8. The third-order valence-corrected chi connectivity index (χ3v) is 4.64. The molecule has 0 saturated heterocycles. The molecule has 0 bridgehead atoms. The summed E-state index contributed by atoms with van der Waals surface area (Å²) >= 11 is 17.7. The second-order valence-corrected chi connectivity index (χ2v) is 6.92. The fourth-order valence-corrected chi connectivity index (χ4v) is 2.73. The topological polar surface area (TPSA) is 93.7 Å². The number of methoxy groups -OCH3 is 1. The van der Waals surface area contributed by atoms with E-state index >= 15 is 0 Å². The highest BCUT2D eigenvalue weighted by molar-refractivity contribution is 6.44. The number of halogens is 3. The molecule has 10 heteroatoms. The van der Waals surface area contributed by atoms with E-state index in [1.165, 1.54) is 13.2 Å². The lowest BCUT2D eigenvalue weighted by Gasteiger charge is -2.11. The fourth-order valence-electron chi connectivity index (χ4n) is 2.21. The first kappa shape index (κ1) is 22.8. The molecule has 0 radical (unpaired) electrons. The number of rotatable bonds is 8. The molecule has 0 aliphatic heterocycles. The standard InChI is InChI=1S/C19H17Cl3N2O5/c1-28-15-6-5-11(20)9-14(15)24-16(25)7-8-18(27)29-10-17(26)23-13-4-2-3-12(21)19(13)22/h2-6,9H,7-8,10H2,1H3,(H,23,26)(H,24,25). The Hall–Kier alpha value is -2.48. The van der Waals surface area contributed by atoms with E-state index in [0.29, 0.717) is 22.1 Å². The van der Waals surface area contributed by atoms with E-state index in [1.54, 1.807) is 30.3 Å². The van der Waals surface area contributed by atoms with E-state index in [4.69, 9.17) is 44.3 Å². The van der Waals surface area contributed by atoms with Crippen molar-refractivity contribution >= 4 is 64.0 Å². The molecule has 0 aromatic heterocycles.